The molecule has 38 heavy (non-hydrogen) atoms. The molecule has 4 aromatic rings. The SMILES string of the molecule is C=C/C=C\C.C=C1C=C(Br)C(C)Sc2c1cccc2-c1ccc(N(c2ccccc2)c2ccccc2)cc1. The van der Waals surface area contributed by atoms with Crippen LogP contribution in [0.15, 0.2) is 150 Å². The molecule has 1 unspecified atom stereocenters. The third kappa shape index (κ3) is 6.48. The van der Waals surface area contributed by atoms with Crippen molar-refractivity contribution in [2.75, 3.05) is 4.90 Å². The summed E-state index contributed by atoms with van der Waals surface area (Å²) in [6, 6.07) is 36.4. The van der Waals surface area contributed by atoms with Gasteiger partial charge in [0.05, 0.1) is 0 Å². The molecule has 0 fully saturated rings. The van der Waals surface area contributed by atoms with Gasteiger partial charge in [0.25, 0.3) is 0 Å². The van der Waals surface area contributed by atoms with E-state index in [2.05, 4.69) is 150 Å². The second kappa shape index (κ2) is 13.3. The van der Waals surface area contributed by atoms with E-state index in [4.69, 9.17) is 0 Å². The average molecular weight is 579 g/mol. The normalized spacial score (nSPS) is 14.6. The molecular formula is C35H32BrNS. The Balaban J connectivity index is 0.000000617. The highest BCUT2D eigenvalue weighted by molar-refractivity contribution is 9.11. The molecule has 4 aromatic carbocycles. The minimum absolute atomic E-state index is 0.343. The van der Waals surface area contributed by atoms with E-state index in [1.54, 1.807) is 6.08 Å². The lowest BCUT2D eigenvalue weighted by Gasteiger charge is -2.25. The van der Waals surface area contributed by atoms with Gasteiger partial charge in [0.1, 0.15) is 0 Å². The van der Waals surface area contributed by atoms with E-state index in [0.29, 0.717) is 5.25 Å². The number of fused-ring (bicyclic) bond motifs is 1. The van der Waals surface area contributed by atoms with E-state index >= 15 is 0 Å². The van der Waals surface area contributed by atoms with E-state index in [0.717, 1.165) is 22.6 Å². The van der Waals surface area contributed by atoms with Crippen molar-refractivity contribution in [1.82, 2.24) is 0 Å². The van der Waals surface area contributed by atoms with Gasteiger partial charge in [0, 0.05) is 31.7 Å². The Morgan fingerprint density at radius 1 is 0.763 bits per heavy atom. The number of nitrogens with zero attached hydrogens (tertiary/aromatic N) is 1. The molecule has 0 saturated heterocycles. The molecule has 5 rings (SSSR count). The summed E-state index contributed by atoms with van der Waals surface area (Å²) >= 11 is 5.61. The first-order chi connectivity index (χ1) is 18.5. The minimum Gasteiger partial charge on any atom is -0.311 e. The van der Waals surface area contributed by atoms with E-state index in [-0.39, 0.29) is 0 Å². The fourth-order valence-electron chi connectivity index (χ4n) is 4.27. The van der Waals surface area contributed by atoms with Gasteiger partial charge in [-0.15, -0.1) is 11.8 Å². The molecular weight excluding hydrogens is 546 g/mol. The molecule has 1 aliphatic heterocycles. The Kier molecular flexibility index (Phi) is 9.64. The zero-order chi connectivity index (χ0) is 26.9. The fraction of sp³-hybridized carbons (Fsp3) is 0.0857. The maximum Gasteiger partial charge on any atom is 0.0462 e. The number of anilines is 3. The first-order valence-corrected chi connectivity index (χ1v) is 14.3. The van der Waals surface area contributed by atoms with Crippen molar-refractivity contribution in [3.05, 3.63) is 151 Å². The number of rotatable bonds is 5. The second-order valence-corrected chi connectivity index (χ2v) is 11.1. The number of thioether (sulfide) groups is 1. The number of allylic oxidation sites excluding steroid dienone is 5. The molecule has 190 valence electrons. The Labute approximate surface area is 240 Å². The number of hydrogen-bond acceptors (Lipinski definition) is 2. The van der Waals surface area contributed by atoms with E-state index in [1.165, 1.54) is 26.1 Å². The van der Waals surface area contributed by atoms with Crippen LogP contribution < -0.4 is 4.90 Å². The summed E-state index contributed by atoms with van der Waals surface area (Å²) in [5.74, 6) is 0. The molecule has 1 aliphatic rings. The van der Waals surface area contributed by atoms with Crippen LogP contribution in [-0.4, -0.2) is 5.25 Å². The average Bonchev–Trinajstić information content (AvgIpc) is 3.06. The number of hydrogen-bond donors (Lipinski definition) is 0. The number of para-hydroxylation sites is 2. The standard InChI is InChI=1S/C30H24BrNS.C5H8/c1-21-20-29(31)22(2)33-30-27(21)14-9-15-28(30)23-16-18-26(19-17-23)32(24-10-5-3-6-11-24)25-12-7-4-8-13-25;1-3-5-4-2/h3-20,22H,1H2,2H3;3-5H,1H2,2H3/b;5-4-. The molecule has 0 aliphatic carbocycles. The van der Waals surface area contributed by atoms with Gasteiger partial charge in [0.2, 0.25) is 0 Å². The Bertz CT molecular complexity index is 1400. The van der Waals surface area contributed by atoms with Crippen LogP contribution in [0.5, 0.6) is 0 Å². The summed E-state index contributed by atoms with van der Waals surface area (Å²) in [6.45, 7) is 12.0. The Morgan fingerprint density at radius 3 is 1.84 bits per heavy atom. The summed E-state index contributed by atoms with van der Waals surface area (Å²) < 4.78 is 1.18. The summed E-state index contributed by atoms with van der Waals surface area (Å²) in [6.07, 6.45) is 7.72. The first-order valence-electron chi connectivity index (χ1n) is 12.6. The van der Waals surface area contributed by atoms with Crippen LogP contribution in [0.1, 0.15) is 19.4 Å². The van der Waals surface area contributed by atoms with Crippen molar-refractivity contribution in [2.24, 2.45) is 0 Å². The molecule has 0 bridgehead atoms. The van der Waals surface area contributed by atoms with Gasteiger partial charge >= 0.3 is 0 Å². The van der Waals surface area contributed by atoms with E-state index < -0.39 is 0 Å². The maximum atomic E-state index is 4.31. The molecule has 1 heterocycles. The predicted molar refractivity (Wildman–Crippen MR) is 173 cm³/mol. The highest BCUT2D eigenvalue weighted by Crippen LogP contribution is 2.45. The molecule has 3 heteroatoms. The highest BCUT2D eigenvalue weighted by Gasteiger charge is 2.21. The lowest BCUT2D eigenvalue weighted by molar-refractivity contribution is 1.23. The van der Waals surface area contributed by atoms with Gasteiger partial charge < -0.3 is 4.90 Å². The summed E-state index contributed by atoms with van der Waals surface area (Å²) in [4.78, 5) is 3.58. The Morgan fingerprint density at radius 2 is 1.32 bits per heavy atom. The molecule has 0 aromatic heterocycles. The van der Waals surface area contributed by atoms with Crippen molar-refractivity contribution in [3.8, 4) is 11.1 Å². The predicted octanol–water partition coefficient (Wildman–Crippen LogP) is 11.4. The molecule has 0 radical (unpaired) electrons. The molecule has 0 spiro atoms. The largest absolute Gasteiger partial charge is 0.311 e. The van der Waals surface area contributed by atoms with Crippen LogP contribution in [0.4, 0.5) is 17.1 Å². The van der Waals surface area contributed by atoms with Gasteiger partial charge in [-0.3, -0.25) is 0 Å². The highest BCUT2D eigenvalue weighted by atomic mass is 79.9. The summed E-state index contributed by atoms with van der Waals surface area (Å²) in [5.41, 5.74) is 8.13. The maximum absolute atomic E-state index is 4.31. The third-order valence-electron chi connectivity index (χ3n) is 6.15. The first kappa shape index (κ1) is 27.5. The lowest BCUT2D eigenvalue weighted by atomic mass is 9.99. The summed E-state index contributed by atoms with van der Waals surface area (Å²) in [5, 5.41) is 0.343. The van der Waals surface area contributed by atoms with Crippen molar-refractivity contribution >= 4 is 50.3 Å². The van der Waals surface area contributed by atoms with Crippen LogP contribution in [0.2, 0.25) is 0 Å². The van der Waals surface area contributed by atoms with Crippen LogP contribution in [0, 0.1) is 0 Å². The van der Waals surface area contributed by atoms with Gasteiger partial charge in [-0.05, 0) is 78.6 Å². The molecule has 0 saturated carbocycles. The second-order valence-electron chi connectivity index (χ2n) is 8.81. The molecule has 1 atom stereocenters. The lowest BCUT2D eigenvalue weighted by Crippen LogP contribution is -2.09. The van der Waals surface area contributed by atoms with Gasteiger partial charge in [0.15, 0.2) is 0 Å². The van der Waals surface area contributed by atoms with E-state index in [1.807, 2.05) is 30.8 Å². The topological polar surface area (TPSA) is 3.24 Å². The number of halogens is 1. The van der Waals surface area contributed by atoms with Gasteiger partial charge in [-0.25, -0.2) is 0 Å². The van der Waals surface area contributed by atoms with Crippen molar-refractivity contribution in [1.29, 1.82) is 0 Å². The van der Waals surface area contributed by atoms with E-state index in [9.17, 15) is 0 Å². The minimum atomic E-state index is 0.343. The van der Waals surface area contributed by atoms with Crippen LogP contribution in [0.3, 0.4) is 0 Å². The quantitative estimate of drug-likeness (QED) is 0.217. The van der Waals surface area contributed by atoms with Crippen LogP contribution in [-0.2, 0) is 0 Å². The van der Waals surface area contributed by atoms with Crippen molar-refractivity contribution < 1.29 is 0 Å². The number of benzene rings is 4. The smallest absolute Gasteiger partial charge is 0.0462 e. The van der Waals surface area contributed by atoms with Crippen LogP contribution in [0.25, 0.3) is 16.7 Å². The monoisotopic (exact) mass is 577 g/mol. The van der Waals surface area contributed by atoms with Crippen molar-refractivity contribution in [2.45, 2.75) is 24.0 Å². The van der Waals surface area contributed by atoms with Crippen LogP contribution >= 0.6 is 27.7 Å². The summed E-state index contributed by atoms with van der Waals surface area (Å²) in [7, 11) is 0. The Hall–Kier alpha value is -3.53. The molecule has 0 N–H and O–H groups in total. The zero-order valence-corrected chi connectivity index (χ0v) is 24.3. The third-order valence-corrected chi connectivity index (χ3v) is 8.65. The fourth-order valence-corrected chi connectivity index (χ4v) is 6.00. The van der Waals surface area contributed by atoms with Gasteiger partial charge in [-0.2, -0.15) is 0 Å². The molecule has 1 nitrogen and oxygen atoms in total. The zero-order valence-electron chi connectivity index (χ0n) is 21.8. The van der Waals surface area contributed by atoms with Gasteiger partial charge in [-0.1, -0.05) is 114 Å². The van der Waals surface area contributed by atoms with Crippen molar-refractivity contribution in [3.63, 3.8) is 0 Å². The molecule has 0 amide bonds.